The van der Waals surface area contributed by atoms with Crippen LogP contribution in [0.5, 0.6) is 0 Å². The standard InChI is InChI=1S/C22H33N3O2/c1-21(2)17-8-9-22(21,3)19(12-17)24-20(26)25(15-18-7-5-11-27-18)14-16-6-4-10-23-13-16/h4,6,10,13,17-19H,5,7-9,11-12,14-15H2,1-3H3,(H,24,26). The van der Waals surface area contributed by atoms with Gasteiger partial charge in [0.15, 0.2) is 0 Å². The number of carbonyl (C=O) groups excluding carboxylic acids is 1. The third-order valence-electron chi connectivity index (χ3n) is 7.92. The molecule has 0 radical (unpaired) electrons. The van der Waals surface area contributed by atoms with Crippen molar-refractivity contribution in [3.63, 3.8) is 0 Å². The van der Waals surface area contributed by atoms with Gasteiger partial charge in [0.05, 0.1) is 6.10 Å². The minimum Gasteiger partial charge on any atom is -0.376 e. The summed E-state index contributed by atoms with van der Waals surface area (Å²) in [4.78, 5) is 19.4. The lowest BCUT2D eigenvalue weighted by molar-refractivity contribution is 0.0748. The van der Waals surface area contributed by atoms with Crippen LogP contribution in [0.25, 0.3) is 0 Å². The third-order valence-corrected chi connectivity index (χ3v) is 7.92. The summed E-state index contributed by atoms with van der Waals surface area (Å²) < 4.78 is 5.81. The maximum Gasteiger partial charge on any atom is 0.318 e. The van der Waals surface area contributed by atoms with E-state index in [-0.39, 0.29) is 23.6 Å². The zero-order valence-electron chi connectivity index (χ0n) is 16.9. The van der Waals surface area contributed by atoms with Crippen LogP contribution in [-0.2, 0) is 11.3 Å². The topological polar surface area (TPSA) is 54.5 Å². The van der Waals surface area contributed by atoms with Crippen LogP contribution >= 0.6 is 0 Å². The summed E-state index contributed by atoms with van der Waals surface area (Å²) in [5, 5.41) is 3.41. The molecule has 1 aliphatic heterocycles. The van der Waals surface area contributed by atoms with Crippen molar-refractivity contribution in [2.75, 3.05) is 13.2 Å². The number of pyridine rings is 1. The van der Waals surface area contributed by atoms with Crippen LogP contribution in [0.1, 0.15) is 58.4 Å². The molecule has 2 bridgehead atoms. The van der Waals surface area contributed by atoms with Crippen molar-refractivity contribution in [1.29, 1.82) is 0 Å². The first-order valence-corrected chi connectivity index (χ1v) is 10.5. The molecular weight excluding hydrogens is 338 g/mol. The average Bonchev–Trinajstić information content (AvgIpc) is 3.28. The van der Waals surface area contributed by atoms with Crippen molar-refractivity contribution in [1.82, 2.24) is 15.2 Å². The van der Waals surface area contributed by atoms with Crippen molar-refractivity contribution in [3.8, 4) is 0 Å². The Balaban J connectivity index is 1.47. The summed E-state index contributed by atoms with van der Waals surface area (Å²) in [5.41, 5.74) is 1.55. The fourth-order valence-electron chi connectivity index (χ4n) is 5.63. The fourth-order valence-corrected chi connectivity index (χ4v) is 5.63. The predicted molar refractivity (Wildman–Crippen MR) is 105 cm³/mol. The Kier molecular flexibility index (Phi) is 4.91. The van der Waals surface area contributed by atoms with E-state index in [1.807, 2.05) is 23.2 Å². The number of ether oxygens (including phenoxy) is 1. The predicted octanol–water partition coefficient (Wildman–Crippen LogP) is 3.99. The molecule has 4 rings (SSSR count). The number of aromatic nitrogens is 1. The molecule has 0 aromatic carbocycles. The molecule has 1 saturated heterocycles. The Morgan fingerprint density at radius 2 is 2.22 bits per heavy atom. The number of hydrogen-bond acceptors (Lipinski definition) is 3. The largest absolute Gasteiger partial charge is 0.376 e. The summed E-state index contributed by atoms with van der Waals surface area (Å²) in [6.07, 6.45) is 9.51. The first-order valence-electron chi connectivity index (χ1n) is 10.5. The lowest BCUT2D eigenvalue weighted by Gasteiger charge is -2.40. The Bertz CT molecular complexity index is 671. The van der Waals surface area contributed by atoms with Gasteiger partial charge in [0, 0.05) is 38.1 Å². The first-order chi connectivity index (χ1) is 12.9. The molecule has 1 aromatic rings. The molecule has 4 atom stereocenters. The van der Waals surface area contributed by atoms with Crippen molar-refractivity contribution in [2.24, 2.45) is 16.7 Å². The van der Waals surface area contributed by atoms with Gasteiger partial charge in [-0.05, 0) is 60.5 Å². The number of urea groups is 1. The summed E-state index contributed by atoms with van der Waals surface area (Å²) in [7, 11) is 0. The summed E-state index contributed by atoms with van der Waals surface area (Å²) in [6, 6.07) is 4.27. The summed E-state index contributed by atoms with van der Waals surface area (Å²) in [6.45, 7) is 9.18. The van der Waals surface area contributed by atoms with Crippen LogP contribution in [0.3, 0.4) is 0 Å². The van der Waals surface area contributed by atoms with E-state index < -0.39 is 0 Å². The zero-order chi connectivity index (χ0) is 19.1. The van der Waals surface area contributed by atoms with Crippen LogP contribution < -0.4 is 5.32 Å². The van der Waals surface area contributed by atoms with Crippen LogP contribution in [0.4, 0.5) is 4.79 Å². The summed E-state index contributed by atoms with van der Waals surface area (Å²) in [5.74, 6) is 0.720. The highest BCUT2D eigenvalue weighted by molar-refractivity contribution is 5.75. The SMILES string of the molecule is CC1(C)C2CCC1(C)C(NC(=O)N(Cc1cccnc1)CC1CCCO1)C2. The maximum absolute atomic E-state index is 13.3. The van der Waals surface area contributed by atoms with E-state index in [9.17, 15) is 4.79 Å². The molecule has 5 nitrogen and oxygen atoms in total. The Hall–Kier alpha value is -1.62. The molecule has 1 aromatic heterocycles. The summed E-state index contributed by atoms with van der Waals surface area (Å²) >= 11 is 0. The van der Waals surface area contributed by atoms with Crippen molar-refractivity contribution in [2.45, 2.75) is 71.6 Å². The number of hydrogen-bond donors (Lipinski definition) is 1. The van der Waals surface area contributed by atoms with Gasteiger partial charge in [-0.25, -0.2) is 4.79 Å². The highest BCUT2D eigenvalue weighted by Gasteiger charge is 2.61. The normalized spacial score (nSPS) is 34.0. The van der Waals surface area contributed by atoms with Gasteiger partial charge in [0.2, 0.25) is 0 Å². The van der Waals surface area contributed by atoms with Crippen LogP contribution in [0.15, 0.2) is 24.5 Å². The van der Waals surface area contributed by atoms with E-state index >= 15 is 0 Å². The van der Waals surface area contributed by atoms with Crippen molar-refractivity contribution >= 4 is 6.03 Å². The van der Waals surface area contributed by atoms with Gasteiger partial charge in [0.1, 0.15) is 0 Å². The van der Waals surface area contributed by atoms with Crippen LogP contribution in [-0.4, -0.2) is 41.2 Å². The molecule has 3 fully saturated rings. The van der Waals surface area contributed by atoms with Gasteiger partial charge in [-0.2, -0.15) is 0 Å². The second kappa shape index (κ2) is 7.08. The van der Waals surface area contributed by atoms with Crippen LogP contribution in [0.2, 0.25) is 0 Å². The zero-order valence-corrected chi connectivity index (χ0v) is 16.9. The van der Waals surface area contributed by atoms with E-state index in [1.165, 1.54) is 12.8 Å². The minimum atomic E-state index is 0.0453. The average molecular weight is 372 g/mol. The second-order valence-corrected chi connectivity index (χ2v) is 9.49. The molecule has 0 spiro atoms. The van der Waals surface area contributed by atoms with Gasteiger partial charge < -0.3 is 15.0 Å². The lowest BCUT2D eigenvalue weighted by atomic mass is 9.69. The molecule has 2 saturated carbocycles. The Morgan fingerprint density at radius 1 is 1.37 bits per heavy atom. The highest BCUT2D eigenvalue weighted by Crippen LogP contribution is 2.65. The van der Waals surface area contributed by atoms with Gasteiger partial charge in [-0.15, -0.1) is 0 Å². The molecule has 27 heavy (non-hydrogen) atoms. The van der Waals surface area contributed by atoms with E-state index in [2.05, 4.69) is 31.1 Å². The number of nitrogens with one attached hydrogen (secondary N) is 1. The van der Waals surface area contributed by atoms with Gasteiger partial charge in [-0.1, -0.05) is 26.8 Å². The van der Waals surface area contributed by atoms with Crippen LogP contribution in [0, 0.1) is 16.7 Å². The lowest BCUT2D eigenvalue weighted by Crippen LogP contribution is -2.52. The maximum atomic E-state index is 13.3. The van der Waals surface area contributed by atoms with Gasteiger partial charge in [-0.3, -0.25) is 4.98 Å². The number of nitrogens with zero attached hydrogens (tertiary/aromatic N) is 2. The molecule has 3 aliphatic rings. The van der Waals surface area contributed by atoms with E-state index in [4.69, 9.17) is 4.74 Å². The molecule has 2 aliphatic carbocycles. The van der Waals surface area contributed by atoms with Gasteiger partial charge in [0.25, 0.3) is 0 Å². The smallest absolute Gasteiger partial charge is 0.318 e. The molecule has 148 valence electrons. The highest BCUT2D eigenvalue weighted by atomic mass is 16.5. The number of carbonyl (C=O) groups is 1. The second-order valence-electron chi connectivity index (χ2n) is 9.49. The number of amides is 2. The number of fused-ring (bicyclic) bond motifs is 2. The quantitative estimate of drug-likeness (QED) is 0.851. The monoisotopic (exact) mass is 371 g/mol. The molecule has 2 amide bonds. The molecular formula is C22H33N3O2. The van der Waals surface area contributed by atoms with Crippen molar-refractivity contribution in [3.05, 3.63) is 30.1 Å². The third kappa shape index (κ3) is 3.35. The minimum absolute atomic E-state index is 0.0453. The Labute approximate surface area is 162 Å². The number of rotatable bonds is 5. The first kappa shape index (κ1) is 18.7. The molecule has 4 unspecified atom stereocenters. The van der Waals surface area contributed by atoms with Gasteiger partial charge >= 0.3 is 6.03 Å². The molecule has 1 N–H and O–H groups in total. The van der Waals surface area contributed by atoms with E-state index in [1.54, 1.807) is 6.20 Å². The Morgan fingerprint density at radius 3 is 2.81 bits per heavy atom. The van der Waals surface area contributed by atoms with E-state index in [0.29, 0.717) is 18.5 Å². The fraction of sp³-hybridized carbons (Fsp3) is 0.727. The van der Waals surface area contributed by atoms with E-state index in [0.717, 1.165) is 37.4 Å². The molecule has 2 heterocycles. The van der Waals surface area contributed by atoms with Crippen molar-refractivity contribution < 1.29 is 9.53 Å². The molecule has 5 heteroatoms.